The Labute approximate surface area is 151 Å². The molecule has 1 amide bonds. The van der Waals surface area contributed by atoms with Gasteiger partial charge in [-0.05, 0) is 37.2 Å². The van der Waals surface area contributed by atoms with Crippen LogP contribution in [0.25, 0.3) is 0 Å². The van der Waals surface area contributed by atoms with Crippen LogP contribution in [-0.4, -0.2) is 66.2 Å². The second-order valence-electron chi connectivity index (χ2n) is 7.51. The van der Waals surface area contributed by atoms with Gasteiger partial charge in [0.15, 0.2) is 0 Å². The standard InChI is InChI=1S/C20H31N3O2/c24-16-18-6-8-19(9-7-18)21-20(25)15-23-12-10-22(11-13-23)14-17-4-2-1-3-5-17/h1-5,18-19,24H,6-16H2,(H,21,25). The lowest BCUT2D eigenvalue weighted by atomic mass is 9.86. The van der Waals surface area contributed by atoms with Gasteiger partial charge in [0.05, 0.1) is 6.54 Å². The molecule has 1 saturated heterocycles. The molecule has 0 unspecified atom stereocenters. The Balaban J connectivity index is 1.34. The van der Waals surface area contributed by atoms with E-state index in [0.717, 1.165) is 58.4 Å². The monoisotopic (exact) mass is 345 g/mol. The predicted octanol–water partition coefficient (Wildman–Crippen LogP) is 1.47. The Morgan fingerprint density at radius 3 is 2.28 bits per heavy atom. The molecule has 0 atom stereocenters. The normalized spacial score (nSPS) is 25.6. The van der Waals surface area contributed by atoms with Gasteiger partial charge in [0, 0.05) is 45.4 Å². The maximum Gasteiger partial charge on any atom is 0.234 e. The quantitative estimate of drug-likeness (QED) is 0.820. The molecule has 0 radical (unpaired) electrons. The minimum Gasteiger partial charge on any atom is -0.396 e. The summed E-state index contributed by atoms with van der Waals surface area (Å²) in [5, 5.41) is 12.4. The van der Waals surface area contributed by atoms with E-state index in [0.29, 0.717) is 18.5 Å². The number of amides is 1. The number of nitrogens with one attached hydrogen (secondary N) is 1. The molecule has 0 spiro atoms. The minimum atomic E-state index is 0.156. The Bertz CT molecular complexity index is 521. The second kappa shape index (κ2) is 9.32. The molecular formula is C20H31N3O2. The number of hydrogen-bond donors (Lipinski definition) is 2. The van der Waals surface area contributed by atoms with E-state index in [1.807, 2.05) is 0 Å². The molecule has 2 N–H and O–H groups in total. The summed E-state index contributed by atoms with van der Waals surface area (Å²) in [6, 6.07) is 10.9. The van der Waals surface area contributed by atoms with Crippen molar-refractivity contribution >= 4 is 5.91 Å². The van der Waals surface area contributed by atoms with Crippen LogP contribution in [0.3, 0.4) is 0 Å². The van der Waals surface area contributed by atoms with Gasteiger partial charge in [-0.25, -0.2) is 0 Å². The van der Waals surface area contributed by atoms with Gasteiger partial charge in [0.1, 0.15) is 0 Å². The van der Waals surface area contributed by atoms with Gasteiger partial charge < -0.3 is 10.4 Å². The highest BCUT2D eigenvalue weighted by molar-refractivity contribution is 5.78. The number of aliphatic hydroxyl groups is 1. The van der Waals surface area contributed by atoms with E-state index in [1.54, 1.807) is 0 Å². The Hall–Kier alpha value is -1.43. The molecule has 1 saturated carbocycles. The van der Waals surface area contributed by atoms with E-state index in [1.165, 1.54) is 5.56 Å². The first-order valence-electron chi connectivity index (χ1n) is 9.62. The van der Waals surface area contributed by atoms with Crippen molar-refractivity contribution < 1.29 is 9.90 Å². The highest BCUT2D eigenvalue weighted by Gasteiger charge is 2.23. The summed E-state index contributed by atoms with van der Waals surface area (Å²) in [5.74, 6) is 0.592. The summed E-state index contributed by atoms with van der Waals surface area (Å²) in [6.45, 7) is 5.74. The lowest BCUT2D eigenvalue weighted by molar-refractivity contribution is -0.123. The number of rotatable bonds is 6. The molecule has 0 bridgehead atoms. The average molecular weight is 345 g/mol. The zero-order valence-electron chi connectivity index (χ0n) is 15.1. The number of benzene rings is 1. The first-order chi connectivity index (χ1) is 12.2. The van der Waals surface area contributed by atoms with Crippen molar-refractivity contribution in [3.8, 4) is 0 Å². The number of aliphatic hydroxyl groups excluding tert-OH is 1. The molecule has 1 aromatic rings. The number of hydrogen-bond acceptors (Lipinski definition) is 4. The Morgan fingerprint density at radius 1 is 1.00 bits per heavy atom. The van der Waals surface area contributed by atoms with Crippen LogP contribution in [0.2, 0.25) is 0 Å². The zero-order chi connectivity index (χ0) is 17.5. The van der Waals surface area contributed by atoms with Gasteiger partial charge in [0.25, 0.3) is 0 Å². The van der Waals surface area contributed by atoms with Crippen LogP contribution in [0, 0.1) is 5.92 Å². The molecule has 1 heterocycles. The summed E-state index contributed by atoms with van der Waals surface area (Å²) < 4.78 is 0. The number of carbonyl (C=O) groups is 1. The fourth-order valence-electron chi connectivity index (χ4n) is 3.91. The third-order valence-corrected chi connectivity index (χ3v) is 5.55. The van der Waals surface area contributed by atoms with Crippen molar-refractivity contribution in [3.05, 3.63) is 35.9 Å². The molecule has 2 aliphatic rings. The molecule has 0 aromatic heterocycles. The van der Waals surface area contributed by atoms with Crippen LogP contribution in [-0.2, 0) is 11.3 Å². The van der Waals surface area contributed by atoms with Crippen molar-refractivity contribution in [3.63, 3.8) is 0 Å². The number of nitrogens with zero attached hydrogens (tertiary/aromatic N) is 2. The topological polar surface area (TPSA) is 55.8 Å². The highest BCUT2D eigenvalue weighted by atomic mass is 16.3. The molecular weight excluding hydrogens is 314 g/mol. The molecule has 1 aliphatic heterocycles. The third kappa shape index (κ3) is 5.80. The summed E-state index contributed by atoms with van der Waals surface area (Å²) in [7, 11) is 0. The van der Waals surface area contributed by atoms with E-state index in [-0.39, 0.29) is 12.5 Å². The van der Waals surface area contributed by atoms with Gasteiger partial charge in [0.2, 0.25) is 5.91 Å². The zero-order valence-corrected chi connectivity index (χ0v) is 15.1. The van der Waals surface area contributed by atoms with Gasteiger partial charge >= 0.3 is 0 Å². The second-order valence-corrected chi connectivity index (χ2v) is 7.51. The number of piperazine rings is 1. The maximum absolute atomic E-state index is 12.3. The first kappa shape index (κ1) is 18.4. The van der Waals surface area contributed by atoms with Crippen LogP contribution in [0.5, 0.6) is 0 Å². The van der Waals surface area contributed by atoms with Gasteiger partial charge in [-0.3, -0.25) is 14.6 Å². The fourth-order valence-corrected chi connectivity index (χ4v) is 3.91. The molecule has 1 aromatic carbocycles. The molecule has 1 aliphatic carbocycles. The van der Waals surface area contributed by atoms with Crippen LogP contribution in [0.4, 0.5) is 0 Å². The largest absolute Gasteiger partial charge is 0.396 e. The van der Waals surface area contributed by atoms with Crippen molar-refractivity contribution in [2.75, 3.05) is 39.3 Å². The van der Waals surface area contributed by atoms with E-state index in [2.05, 4.69) is 45.4 Å². The summed E-state index contributed by atoms with van der Waals surface area (Å²) >= 11 is 0. The molecule has 5 nitrogen and oxygen atoms in total. The minimum absolute atomic E-state index is 0.156. The van der Waals surface area contributed by atoms with Gasteiger partial charge in [-0.15, -0.1) is 0 Å². The molecule has 5 heteroatoms. The van der Waals surface area contributed by atoms with Crippen molar-refractivity contribution in [2.45, 2.75) is 38.3 Å². The van der Waals surface area contributed by atoms with Gasteiger partial charge in [-0.2, -0.15) is 0 Å². The molecule has 3 rings (SSSR count). The lowest BCUT2D eigenvalue weighted by Crippen LogP contribution is -2.50. The Morgan fingerprint density at radius 2 is 1.64 bits per heavy atom. The third-order valence-electron chi connectivity index (χ3n) is 5.55. The predicted molar refractivity (Wildman–Crippen MR) is 99.1 cm³/mol. The van der Waals surface area contributed by atoms with Crippen molar-refractivity contribution in [1.82, 2.24) is 15.1 Å². The summed E-state index contributed by atoms with van der Waals surface area (Å²) in [6.07, 6.45) is 4.06. The SMILES string of the molecule is O=C(CN1CCN(Cc2ccccc2)CC1)NC1CCC(CO)CC1. The lowest BCUT2D eigenvalue weighted by Gasteiger charge is -2.35. The molecule has 2 fully saturated rings. The fraction of sp³-hybridized carbons (Fsp3) is 0.650. The summed E-state index contributed by atoms with van der Waals surface area (Å²) in [4.78, 5) is 17.0. The van der Waals surface area contributed by atoms with E-state index in [9.17, 15) is 9.90 Å². The smallest absolute Gasteiger partial charge is 0.234 e. The Kier molecular flexibility index (Phi) is 6.84. The van der Waals surface area contributed by atoms with Gasteiger partial charge in [-0.1, -0.05) is 30.3 Å². The average Bonchev–Trinajstić information content (AvgIpc) is 2.65. The molecule has 138 valence electrons. The summed E-state index contributed by atoms with van der Waals surface area (Å²) in [5.41, 5.74) is 1.35. The van der Waals surface area contributed by atoms with Crippen molar-refractivity contribution in [2.24, 2.45) is 5.92 Å². The van der Waals surface area contributed by atoms with Crippen LogP contribution < -0.4 is 5.32 Å². The van der Waals surface area contributed by atoms with E-state index in [4.69, 9.17) is 0 Å². The van der Waals surface area contributed by atoms with E-state index >= 15 is 0 Å². The van der Waals surface area contributed by atoms with Crippen LogP contribution in [0.15, 0.2) is 30.3 Å². The maximum atomic E-state index is 12.3. The highest BCUT2D eigenvalue weighted by Crippen LogP contribution is 2.23. The van der Waals surface area contributed by atoms with Crippen LogP contribution in [0.1, 0.15) is 31.2 Å². The number of carbonyl (C=O) groups excluding carboxylic acids is 1. The van der Waals surface area contributed by atoms with E-state index < -0.39 is 0 Å². The van der Waals surface area contributed by atoms with Crippen molar-refractivity contribution in [1.29, 1.82) is 0 Å². The first-order valence-corrected chi connectivity index (χ1v) is 9.62. The van der Waals surface area contributed by atoms with Crippen LogP contribution >= 0.6 is 0 Å². The molecule has 25 heavy (non-hydrogen) atoms.